The van der Waals surface area contributed by atoms with E-state index in [1.807, 2.05) is 24.3 Å². The summed E-state index contributed by atoms with van der Waals surface area (Å²) in [5, 5.41) is 0. The lowest BCUT2D eigenvalue weighted by Gasteiger charge is -2.32. The van der Waals surface area contributed by atoms with Gasteiger partial charge < -0.3 is 4.74 Å². The van der Waals surface area contributed by atoms with Crippen molar-refractivity contribution in [1.82, 2.24) is 0 Å². The van der Waals surface area contributed by atoms with Crippen LogP contribution in [-0.2, 0) is 10.3 Å². The predicted molar refractivity (Wildman–Crippen MR) is 65.9 cm³/mol. The first-order chi connectivity index (χ1) is 8.30. The minimum Gasteiger partial charge on any atom is -0.497 e. The van der Waals surface area contributed by atoms with Gasteiger partial charge in [0.1, 0.15) is 5.75 Å². The molecule has 0 unspecified atom stereocenters. The molecule has 0 radical (unpaired) electrons. The molecule has 1 saturated carbocycles. The van der Waals surface area contributed by atoms with E-state index in [1.165, 1.54) is 6.42 Å². The maximum Gasteiger partial charge on any atom is 0.235 e. The fourth-order valence-corrected chi connectivity index (χ4v) is 2.60. The van der Waals surface area contributed by atoms with E-state index >= 15 is 0 Å². The summed E-state index contributed by atoms with van der Waals surface area (Å²) < 4.78 is 5.23. The van der Waals surface area contributed by atoms with Crippen molar-refractivity contribution in [2.24, 2.45) is 4.99 Å². The molecule has 1 aromatic carbocycles. The summed E-state index contributed by atoms with van der Waals surface area (Å²) >= 11 is 0. The van der Waals surface area contributed by atoms with E-state index in [0.29, 0.717) is 0 Å². The number of ether oxygens (including phenoxy) is 1. The molecule has 0 heterocycles. The van der Waals surface area contributed by atoms with Gasteiger partial charge in [-0.15, -0.1) is 0 Å². The molecule has 1 aliphatic rings. The van der Waals surface area contributed by atoms with Gasteiger partial charge in [-0.25, -0.2) is 4.79 Å². The Balaban J connectivity index is 2.40. The molecule has 0 bridgehead atoms. The standard InChI is InChI=1S/C14H17NO2/c1-17-13-7-5-6-12(10-13)14(15-11-16)8-3-2-4-9-14/h5-7,10H,2-4,8-9H2,1H3. The third kappa shape index (κ3) is 2.40. The summed E-state index contributed by atoms with van der Waals surface area (Å²) in [5.74, 6) is 0.813. The van der Waals surface area contributed by atoms with Gasteiger partial charge in [0.2, 0.25) is 6.08 Å². The van der Waals surface area contributed by atoms with Crippen LogP contribution in [0.2, 0.25) is 0 Å². The lowest BCUT2D eigenvalue weighted by atomic mass is 9.77. The molecule has 0 aromatic heterocycles. The molecule has 0 aliphatic heterocycles. The highest BCUT2D eigenvalue weighted by molar-refractivity contribution is 5.40. The van der Waals surface area contributed by atoms with Crippen molar-refractivity contribution in [2.45, 2.75) is 37.6 Å². The Morgan fingerprint density at radius 3 is 2.71 bits per heavy atom. The molecule has 1 aliphatic carbocycles. The molecule has 3 heteroatoms. The number of rotatable bonds is 3. The number of carbonyl (C=O) groups excluding carboxylic acids is 1. The van der Waals surface area contributed by atoms with Crippen molar-refractivity contribution in [3.63, 3.8) is 0 Å². The van der Waals surface area contributed by atoms with Crippen molar-refractivity contribution in [2.75, 3.05) is 7.11 Å². The molecule has 0 saturated heterocycles. The number of isocyanates is 1. The zero-order valence-corrected chi connectivity index (χ0v) is 10.1. The SMILES string of the molecule is COc1cccc(C2(N=C=O)CCCCC2)c1. The van der Waals surface area contributed by atoms with Crippen molar-refractivity contribution in [1.29, 1.82) is 0 Å². The van der Waals surface area contributed by atoms with Crippen LogP contribution in [0, 0.1) is 0 Å². The summed E-state index contributed by atoms with van der Waals surface area (Å²) in [5.41, 5.74) is 0.703. The monoisotopic (exact) mass is 231 g/mol. The second-order valence-electron chi connectivity index (χ2n) is 4.53. The van der Waals surface area contributed by atoms with E-state index in [9.17, 15) is 4.79 Å². The maximum atomic E-state index is 10.7. The first kappa shape index (κ1) is 11.9. The van der Waals surface area contributed by atoms with Crippen LogP contribution in [0.25, 0.3) is 0 Å². The molecule has 0 spiro atoms. The van der Waals surface area contributed by atoms with Crippen LogP contribution in [0.5, 0.6) is 5.75 Å². The maximum absolute atomic E-state index is 10.7. The number of nitrogens with zero attached hydrogens (tertiary/aromatic N) is 1. The molecule has 17 heavy (non-hydrogen) atoms. The van der Waals surface area contributed by atoms with Crippen molar-refractivity contribution >= 4 is 6.08 Å². The summed E-state index contributed by atoms with van der Waals surface area (Å²) in [6.45, 7) is 0. The van der Waals surface area contributed by atoms with E-state index in [0.717, 1.165) is 37.0 Å². The molecule has 1 fully saturated rings. The number of aliphatic imine (C=N–C) groups is 1. The van der Waals surface area contributed by atoms with Crippen LogP contribution in [0.1, 0.15) is 37.7 Å². The fourth-order valence-electron chi connectivity index (χ4n) is 2.60. The number of hydrogen-bond acceptors (Lipinski definition) is 3. The van der Waals surface area contributed by atoms with Crippen molar-refractivity contribution in [3.05, 3.63) is 29.8 Å². The summed E-state index contributed by atoms with van der Waals surface area (Å²) in [4.78, 5) is 14.8. The number of methoxy groups -OCH3 is 1. The molecule has 90 valence electrons. The summed E-state index contributed by atoms with van der Waals surface area (Å²) in [6.07, 6.45) is 7.05. The first-order valence-corrected chi connectivity index (χ1v) is 6.04. The normalized spacial score (nSPS) is 18.2. The van der Waals surface area contributed by atoms with Gasteiger partial charge in [0, 0.05) is 0 Å². The van der Waals surface area contributed by atoms with Crippen molar-refractivity contribution in [3.8, 4) is 5.75 Å². The topological polar surface area (TPSA) is 38.7 Å². The van der Waals surface area contributed by atoms with E-state index in [2.05, 4.69) is 4.99 Å². The zero-order chi connectivity index (χ0) is 12.1. The average Bonchev–Trinajstić information content (AvgIpc) is 2.40. The van der Waals surface area contributed by atoms with Crippen LogP contribution < -0.4 is 4.74 Å². The van der Waals surface area contributed by atoms with Gasteiger partial charge in [-0.2, -0.15) is 4.99 Å². The van der Waals surface area contributed by atoms with Crippen molar-refractivity contribution < 1.29 is 9.53 Å². The second-order valence-corrected chi connectivity index (χ2v) is 4.53. The fraction of sp³-hybridized carbons (Fsp3) is 0.500. The van der Waals surface area contributed by atoms with E-state index in [1.54, 1.807) is 13.2 Å². The van der Waals surface area contributed by atoms with Crippen LogP contribution in [0.3, 0.4) is 0 Å². The van der Waals surface area contributed by atoms with Gasteiger partial charge in [-0.3, -0.25) is 0 Å². The second kappa shape index (κ2) is 5.15. The van der Waals surface area contributed by atoms with Gasteiger partial charge in [0.05, 0.1) is 12.6 Å². The predicted octanol–water partition coefficient (Wildman–Crippen LogP) is 3.19. The Morgan fingerprint density at radius 2 is 2.06 bits per heavy atom. The summed E-state index contributed by atoms with van der Waals surface area (Å²) in [7, 11) is 1.65. The Kier molecular flexibility index (Phi) is 3.60. The average molecular weight is 231 g/mol. The molecule has 1 aromatic rings. The first-order valence-electron chi connectivity index (χ1n) is 6.04. The number of benzene rings is 1. The Morgan fingerprint density at radius 1 is 1.29 bits per heavy atom. The highest BCUT2D eigenvalue weighted by Gasteiger charge is 2.33. The van der Waals surface area contributed by atoms with Crippen LogP contribution >= 0.6 is 0 Å². The van der Waals surface area contributed by atoms with Gasteiger partial charge in [0.25, 0.3) is 0 Å². The van der Waals surface area contributed by atoms with Gasteiger partial charge in [-0.1, -0.05) is 31.4 Å². The highest BCUT2D eigenvalue weighted by atomic mass is 16.5. The minimum absolute atomic E-state index is 0.367. The Labute approximate surface area is 102 Å². The molecule has 3 nitrogen and oxygen atoms in total. The molecule has 2 rings (SSSR count). The van der Waals surface area contributed by atoms with E-state index in [-0.39, 0.29) is 5.54 Å². The molecule has 0 N–H and O–H groups in total. The smallest absolute Gasteiger partial charge is 0.235 e. The summed E-state index contributed by atoms with van der Waals surface area (Å²) in [6, 6.07) is 7.86. The third-order valence-electron chi connectivity index (χ3n) is 3.55. The van der Waals surface area contributed by atoms with Crippen LogP contribution in [0.15, 0.2) is 29.3 Å². The van der Waals surface area contributed by atoms with Crippen LogP contribution in [0.4, 0.5) is 0 Å². The largest absolute Gasteiger partial charge is 0.497 e. The molecule has 0 atom stereocenters. The molecular formula is C14H17NO2. The third-order valence-corrected chi connectivity index (χ3v) is 3.55. The molecular weight excluding hydrogens is 214 g/mol. The molecule has 0 amide bonds. The highest BCUT2D eigenvalue weighted by Crippen LogP contribution is 2.41. The van der Waals surface area contributed by atoms with Gasteiger partial charge >= 0.3 is 0 Å². The van der Waals surface area contributed by atoms with Gasteiger partial charge in [-0.05, 0) is 30.5 Å². The van der Waals surface area contributed by atoms with E-state index < -0.39 is 0 Å². The lowest BCUT2D eigenvalue weighted by molar-refractivity contribution is 0.302. The zero-order valence-electron chi connectivity index (χ0n) is 10.1. The Bertz CT molecular complexity index is 430. The quantitative estimate of drug-likeness (QED) is 0.592. The van der Waals surface area contributed by atoms with E-state index in [4.69, 9.17) is 4.74 Å². The Hall–Kier alpha value is -1.60. The van der Waals surface area contributed by atoms with Crippen LogP contribution in [-0.4, -0.2) is 13.2 Å². The lowest BCUT2D eigenvalue weighted by Crippen LogP contribution is -2.26. The minimum atomic E-state index is -0.367. The number of hydrogen-bond donors (Lipinski definition) is 0. The van der Waals surface area contributed by atoms with Gasteiger partial charge in [0.15, 0.2) is 0 Å².